The van der Waals surface area contributed by atoms with Crippen molar-refractivity contribution in [3.05, 3.63) is 28.2 Å². The quantitative estimate of drug-likeness (QED) is 0.845. The number of hydrogen-bond acceptors (Lipinski definition) is 2. The number of benzene rings is 1. The van der Waals surface area contributed by atoms with Gasteiger partial charge >= 0.3 is 0 Å². The normalized spacial score (nSPS) is 17.3. The van der Waals surface area contributed by atoms with Crippen molar-refractivity contribution in [2.45, 2.75) is 38.6 Å². The van der Waals surface area contributed by atoms with E-state index in [9.17, 15) is 0 Å². The minimum atomic E-state index is 0.501. The SMILES string of the molecule is CCCNC(c1ccc(OC)c(Br)c1)C1CCC1. The van der Waals surface area contributed by atoms with Crippen molar-refractivity contribution < 1.29 is 4.74 Å². The molecule has 0 heterocycles. The van der Waals surface area contributed by atoms with E-state index in [1.807, 2.05) is 0 Å². The third-order valence-corrected chi connectivity index (χ3v) is 4.39. The summed E-state index contributed by atoms with van der Waals surface area (Å²) in [5.41, 5.74) is 1.38. The Morgan fingerprint density at radius 1 is 1.44 bits per heavy atom. The van der Waals surface area contributed by atoms with Gasteiger partial charge in [-0.15, -0.1) is 0 Å². The van der Waals surface area contributed by atoms with Crippen molar-refractivity contribution in [2.24, 2.45) is 5.92 Å². The van der Waals surface area contributed by atoms with Gasteiger partial charge in [-0.1, -0.05) is 19.4 Å². The molecule has 2 rings (SSSR count). The molecule has 1 saturated carbocycles. The molecule has 1 aliphatic rings. The number of nitrogens with one attached hydrogen (secondary N) is 1. The summed E-state index contributed by atoms with van der Waals surface area (Å²) < 4.78 is 6.34. The molecule has 18 heavy (non-hydrogen) atoms. The third-order valence-electron chi connectivity index (χ3n) is 3.77. The highest BCUT2D eigenvalue weighted by Crippen LogP contribution is 2.39. The van der Waals surface area contributed by atoms with Crippen molar-refractivity contribution in [2.75, 3.05) is 13.7 Å². The first-order chi connectivity index (χ1) is 8.76. The Labute approximate surface area is 118 Å². The van der Waals surface area contributed by atoms with Gasteiger partial charge in [-0.05, 0) is 65.4 Å². The maximum absolute atomic E-state index is 5.29. The van der Waals surface area contributed by atoms with E-state index >= 15 is 0 Å². The first-order valence-electron chi connectivity index (χ1n) is 6.83. The molecule has 1 aromatic rings. The molecule has 0 aliphatic heterocycles. The standard InChI is InChI=1S/C15H22BrNO/c1-3-9-17-15(11-5-4-6-11)12-7-8-14(18-2)13(16)10-12/h7-8,10-11,15,17H,3-6,9H2,1-2H3. The Bertz CT molecular complexity index is 390. The van der Waals surface area contributed by atoms with Crippen LogP contribution in [-0.4, -0.2) is 13.7 Å². The second kappa shape index (κ2) is 6.58. The summed E-state index contributed by atoms with van der Waals surface area (Å²) in [6.45, 7) is 3.31. The summed E-state index contributed by atoms with van der Waals surface area (Å²) in [5.74, 6) is 1.71. The van der Waals surface area contributed by atoms with Gasteiger partial charge in [0.15, 0.2) is 0 Å². The molecule has 3 heteroatoms. The lowest BCUT2D eigenvalue weighted by molar-refractivity contribution is 0.231. The monoisotopic (exact) mass is 311 g/mol. The van der Waals surface area contributed by atoms with Crippen LogP contribution in [0.3, 0.4) is 0 Å². The molecule has 0 saturated heterocycles. The summed E-state index contributed by atoms with van der Waals surface area (Å²) >= 11 is 3.58. The van der Waals surface area contributed by atoms with Crippen molar-refractivity contribution >= 4 is 15.9 Å². The molecular weight excluding hydrogens is 290 g/mol. The van der Waals surface area contributed by atoms with Crippen molar-refractivity contribution in [3.8, 4) is 5.75 Å². The zero-order chi connectivity index (χ0) is 13.0. The predicted molar refractivity (Wildman–Crippen MR) is 79.1 cm³/mol. The number of ether oxygens (including phenoxy) is 1. The van der Waals surface area contributed by atoms with Gasteiger partial charge in [-0.2, -0.15) is 0 Å². The minimum Gasteiger partial charge on any atom is -0.496 e. The fourth-order valence-electron chi connectivity index (χ4n) is 2.51. The molecule has 1 fully saturated rings. The number of methoxy groups -OCH3 is 1. The molecule has 1 aliphatic carbocycles. The van der Waals surface area contributed by atoms with Crippen molar-refractivity contribution in [1.82, 2.24) is 5.32 Å². The highest BCUT2D eigenvalue weighted by Gasteiger charge is 2.28. The van der Waals surface area contributed by atoms with E-state index in [4.69, 9.17) is 4.74 Å². The average Bonchev–Trinajstić information content (AvgIpc) is 2.32. The summed E-state index contributed by atoms with van der Waals surface area (Å²) in [6, 6.07) is 6.94. The van der Waals surface area contributed by atoms with E-state index in [1.165, 1.54) is 31.2 Å². The van der Waals surface area contributed by atoms with Gasteiger partial charge in [0.25, 0.3) is 0 Å². The zero-order valence-corrected chi connectivity index (χ0v) is 12.8. The van der Waals surface area contributed by atoms with E-state index in [0.717, 1.165) is 22.7 Å². The van der Waals surface area contributed by atoms with Crippen LogP contribution in [0, 0.1) is 5.92 Å². The van der Waals surface area contributed by atoms with Crippen LogP contribution in [0.2, 0.25) is 0 Å². The Morgan fingerprint density at radius 3 is 2.72 bits per heavy atom. The van der Waals surface area contributed by atoms with Crippen LogP contribution in [0.25, 0.3) is 0 Å². The van der Waals surface area contributed by atoms with E-state index in [2.05, 4.69) is 46.4 Å². The maximum Gasteiger partial charge on any atom is 0.133 e. The van der Waals surface area contributed by atoms with Crippen LogP contribution in [0.5, 0.6) is 5.75 Å². The van der Waals surface area contributed by atoms with E-state index in [-0.39, 0.29) is 0 Å². The third kappa shape index (κ3) is 3.07. The van der Waals surface area contributed by atoms with Crippen molar-refractivity contribution in [1.29, 1.82) is 0 Å². The molecule has 1 unspecified atom stereocenters. The van der Waals surface area contributed by atoms with Gasteiger partial charge in [0, 0.05) is 6.04 Å². The first-order valence-corrected chi connectivity index (χ1v) is 7.62. The lowest BCUT2D eigenvalue weighted by Gasteiger charge is -2.35. The van der Waals surface area contributed by atoms with Crippen LogP contribution >= 0.6 is 15.9 Å². The lowest BCUT2D eigenvalue weighted by Crippen LogP contribution is -2.32. The summed E-state index contributed by atoms with van der Waals surface area (Å²) in [7, 11) is 1.71. The molecule has 0 bridgehead atoms. The Morgan fingerprint density at radius 2 is 2.22 bits per heavy atom. The average molecular weight is 312 g/mol. The molecule has 100 valence electrons. The Kier molecular flexibility index (Phi) is 5.07. The minimum absolute atomic E-state index is 0.501. The Hall–Kier alpha value is -0.540. The Balaban J connectivity index is 2.15. The predicted octanol–water partition coefficient (Wildman–Crippen LogP) is 4.30. The molecule has 0 amide bonds. The molecular formula is C15H22BrNO. The van der Waals surface area contributed by atoms with Crippen LogP contribution in [-0.2, 0) is 0 Å². The maximum atomic E-state index is 5.29. The van der Waals surface area contributed by atoms with E-state index in [0.29, 0.717) is 6.04 Å². The van der Waals surface area contributed by atoms with Gasteiger partial charge in [0.1, 0.15) is 5.75 Å². The van der Waals surface area contributed by atoms with E-state index < -0.39 is 0 Å². The van der Waals surface area contributed by atoms with Crippen LogP contribution in [0.15, 0.2) is 22.7 Å². The summed E-state index contributed by atoms with van der Waals surface area (Å²) in [4.78, 5) is 0. The molecule has 0 spiro atoms. The van der Waals surface area contributed by atoms with Gasteiger partial charge in [0.05, 0.1) is 11.6 Å². The lowest BCUT2D eigenvalue weighted by atomic mass is 9.77. The summed E-state index contributed by atoms with van der Waals surface area (Å²) in [5, 5.41) is 3.69. The number of rotatable bonds is 6. The van der Waals surface area contributed by atoms with Gasteiger partial charge in [-0.3, -0.25) is 0 Å². The number of hydrogen-bond donors (Lipinski definition) is 1. The van der Waals surface area contributed by atoms with Crippen molar-refractivity contribution in [3.63, 3.8) is 0 Å². The highest BCUT2D eigenvalue weighted by molar-refractivity contribution is 9.10. The van der Waals surface area contributed by atoms with Gasteiger partial charge in [-0.25, -0.2) is 0 Å². The second-order valence-corrected chi connectivity index (χ2v) is 5.87. The highest BCUT2D eigenvalue weighted by atomic mass is 79.9. The molecule has 0 aromatic heterocycles. The second-order valence-electron chi connectivity index (χ2n) is 5.02. The van der Waals surface area contributed by atoms with Crippen LogP contribution in [0.4, 0.5) is 0 Å². The summed E-state index contributed by atoms with van der Waals surface area (Å²) in [6.07, 6.45) is 5.27. The molecule has 2 nitrogen and oxygen atoms in total. The van der Waals surface area contributed by atoms with Crippen LogP contribution < -0.4 is 10.1 Å². The molecule has 1 atom stereocenters. The van der Waals surface area contributed by atoms with E-state index in [1.54, 1.807) is 7.11 Å². The van der Waals surface area contributed by atoms with Crippen LogP contribution in [0.1, 0.15) is 44.2 Å². The van der Waals surface area contributed by atoms with Gasteiger partial charge in [0.2, 0.25) is 0 Å². The number of halogens is 1. The molecule has 0 radical (unpaired) electrons. The smallest absolute Gasteiger partial charge is 0.133 e. The first kappa shape index (κ1) is 13.9. The van der Waals surface area contributed by atoms with Gasteiger partial charge < -0.3 is 10.1 Å². The topological polar surface area (TPSA) is 21.3 Å². The largest absolute Gasteiger partial charge is 0.496 e. The molecule has 1 aromatic carbocycles. The fraction of sp³-hybridized carbons (Fsp3) is 0.600. The zero-order valence-electron chi connectivity index (χ0n) is 11.2. The fourth-order valence-corrected chi connectivity index (χ4v) is 3.06. The molecule has 1 N–H and O–H groups in total.